The molecule has 21 heavy (non-hydrogen) atoms. The molecule has 0 saturated carbocycles. The number of thioether (sulfide) groups is 1. The van der Waals surface area contributed by atoms with Crippen LogP contribution in [-0.2, 0) is 9.59 Å². The van der Waals surface area contributed by atoms with Gasteiger partial charge >= 0.3 is 0 Å². The molecule has 0 unspecified atom stereocenters. The summed E-state index contributed by atoms with van der Waals surface area (Å²) in [5, 5.41) is -1.04. The molecule has 2 rings (SSSR count). The Morgan fingerprint density at radius 1 is 1.33 bits per heavy atom. The lowest BCUT2D eigenvalue weighted by atomic mass is 10.2. The van der Waals surface area contributed by atoms with E-state index in [0.717, 1.165) is 17.3 Å². The van der Waals surface area contributed by atoms with Gasteiger partial charge in [-0.25, -0.2) is 0 Å². The Hall–Kier alpha value is -2.02. The van der Waals surface area contributed by atoms with E-state index in [0.29, 0.717) is 12.2 Å². The maximum Gasteiger partial charge on any atom is 0.290 e. The average Bonchev–Trinajstić information content (AvgIpc) is 2.71. The van der Waals surface area contributed by atoms with Crippen molar-refractivity contribution < 1.29 is 14.4 Å². The maximum atomic E-state index is 12.3. The van der Waals surface area contributed by atoms with Crippen LogP contribution in [0.1, 0.15) is 12.5 Å². The number of benzene rings is 1. The van der Waals surface area contributed by atoms with Gasteiger partial charge in [0.05, 0.1) is 6.54 Å². The van der Waals surface area contributed by atoms with Gasteiger partial charge in [-0.15, -0.1) is 0 Å². The summed E-state index contributed by atoms with van der Waals surface area (Å²) in [7, 11) is 0. The van der Waals surface area contributed by atoms with E-state index in [2.05, 4.69) is 0 Å². The molecular weight excluding hydrogens is 290 g/mol. The van der Waals surface area contributed by atoms with Crippen molar-refractivity contribution in [3.8, 4) is 0 Å². The highest BCUT2D eigenvalue weighted by atomic mass is 32.2. The van der Waals surface area contributed by atoms with Gasteiger partial charge < -0.3 is 10.6 Å². The fraction of sp³-hybridized carbons (Fsp3) is 0.357. The van der Waals surface area contributed by atoms with Crippen molar-refractivity contribution in [2.45, 2.75) is 19.2 Å². The van der Waals surface area contributed by atoms with Gasteiger partial charge in [-0.1, -0.05) is 17.7 Å². The van der Waals surface area contributed by atoms with Crippen LogP contribution in [0.2, 0.25) is 0 Å². The van der Waals surface area contributed by atoms with Crippen molar-refractivity contribution >= 4 is 34.5 Å². The number of aryl methyl sites for hydroxylation is 1. The minimum atomic E-state index is -0.743. The van der Waals surface area contributed by atoms with Gasteiger partial charge in [-0.2, -0.15) is 0 Å². The van der Waals surface area contributed by atoms with Crippen LogP contribution in [0.5, 0.6) is 0 Å². The summed E-state index contributed by atoms with van der Waals surface area (Å²) in [4.78, 5) is 38.2. The molecule has 1 aromatic carbocycles. The molecule has 1 aliphatic rings. The summed E-state index contributed by atoms with van der Waals surface area (Å²) in [5.41, 5.74) is 7.03. The van der Waals surface area contributed by atoms with Crippen LogP contribution in [0.15, 0.2) is 24.3 Å². The molecule has 1 aliphatic heterocycles. The Balaban J connectivity index is 2.33. The second kappa shape index (κ2) is 6.17. The number of carbonyl (C=O) groups excluding carboxylic acids is 3. The van der Waals surface area contributed by atoms with Gasteiger partial charge in [0.1, 0.15) is 0 Å². The Bertz CT molecular complexity index is 573. The minimum absolute atomic E-state index is 0.114. The van der Waals surface area contributed by atoms with E-state index in [1.165, 1.54) is 4.90 Å². The Labute approximate surface area is 127 Å². The number of anilines is 1. The molecule has 1 aromatic rings. The van der Waals surface area contributed by atoms with Crippen LogP contribution in [0.3, 0.4) is 0 Å². The molecule has 0 aliphatic carbocycles. The van der Waals surface area contributed by atoms with Crippen LogP contribution >= 0.6 is 11.8 Å². The van der Waals surface area contributed by atoms with Crippen LogP contribution in [0, 0.1) is 6.92 Å². The van der Waals surface area contributed by atoms with Crippen molar-refractivity contribution in [2.75, 3.05) is 18.0 Å². The number of likely N-dealkylation sites (N-methyl/N-ethyl adjacent to an activating group) is 1. The first kappa shape index (κ1) is 15.4. The number of nitrogens with zero attached hydrogens (tertiary/aromatic N) is 2. The Morgan fingerprint density at radius 2 is 1.95 bits per heavy atom. The molecular formula is C14H17N3O3S. The van der Waals surface area contributed by atoms with Crippen molar-refractivity contribution in [3.63, 3.8) is 0 Å². The predicted octanol–water partition coefficient (Wildman–Crippen LogP) is 1.33. The third-order valence-corrected chi connectivity index (χ3v) is 4.30. The maximum absolute atomic E-state index is 12.3. The second-order valence-electron chi connectivity index (χ2n) is 4.75. The Kier molecular flexibility index (Phi) is 4.52. The molecule has 2 N–H and O–H groups in total. The lowest BCUT2D eigenvalue weighted by Gasteiger charge is -2.27. The molecule has 0 radical (unpaired) electrons. The molecule has 1 fully saturated rings. The van der Waals surface area contributed by atoms with Crippen LogP contribution < -0.4 is 10.6 Å². The molecule has 1 saturated heterocycles. The summed E-state index contributed by atoms with van der Waals surface area (Å²) >= 11 is 0.911. The average molecular weight is 307 g/mol. The largest absolute Gasteiger partial charge is 0.368 e. The van der Waals surface area contributed by atoms with E-state index in [1.807, 2.05) is 31.2 Å². The molecule has 0 aromatic heterocycles. The minimum Gasteiger partial charge on any atom is -0.368 e. The number of carbonyl (C=O) groups is 3. The quantitative estimate of drug-likeness (QED) is 0.887. The van der Waals surface area contributed by atoms with Gasteiger partial charge in [-0.3, -0.25) is 19.3 Å². The highest BCUT2D eigenvalue weighted by Crippen LogP contribution is 2.32. The van der Waals surface area contributed by atoms with Crippen molar-refractivity contribution in [2.24, 2.45) is 5.73 Å². The van der Waals surface area contributed by atoms with E-state index in [1.54, 1.807) is 11.8 Å². The van der Waals surface area contributed by atoms with E-state index in [9.17, 15) is 14.4 Å². The monoisotopic (exact) mass is 307 g/mol. The van der Waals surface area contributed by atoms with E-state index in [-0.39, 0.29) is 17.7 Å². The first-order valence-electron chi connectivity index (χ1n) is 6.57. The number of nitrogens with two attached hydrogens (primary N) is 1. The Morgan fingerprint density at radius 3 is 2.43 bits per heavy atom. The van der Waals surface area contributed by atoms with E-state index >= 15 is 0 Å². The third kappa shape index (κ3) is 3.18. The number of amides is 3. The summed E-state index contributed by atoms with van der Waals surface area (Å²) < 4.78 is 0. The van der Waals surface area contributed by atoms with Gasteiger partial charge in [0.15, 0.2) is 5.37 Å². The van der Waals surface area contributed by atoms with Crippen LogP contribution in [0.25, 0.3) is 0 Å². The number of primary amides is 1. The lowest BCUT2D eigenvalue weighted by Crippen LogP contribution is -2.45. The fourth-order valence-corrected chi connectivity index (χ4v) is 3.22. The molecule has 0 bridgehead atoms. The molecule has 0 spiro atoms. The van der Waals surface area contributed by atoms with E-state index in [4.69, 9.17) is 5.73 Å². The normalized spacial score (nSPS) is 18.2. The zero-order valence-electron chi connectivity index (χ0n) is 11.9. The fourth-order valence-electron chi connectivity index (χ4n) is 2.13. The number of hydrogen-bond acceptors (Lipinski definition) is 5. The smallest absolute Gasteiger partial charge is 0.290 e. The number of hydrogen-bond donors (Lipinski definition) is 1. The van der Waals surface area contributed by atoms with Crippen molar-refractivity contribution in [1.82, 2.24) is 4.90 Å². The molecule has 1 atom stereocenters. The molecule has 3 amide bonds. The topological polar surface area (TPSA) is 83.7 Å². The highest BCUT2D eigenvalue weighted by molar-refractivity contribution is 8.15. The molecule has 112 valence electrons. The van der Waals surface area contributed by atoms with Gasteiger partial charge in [0, 0.05) is 12.2 Å². The lowest BCUT2D eigenvalue weighted by molar-refractivity contribution is -0.126. The molecule has 7 heteroatoms. The SMILES string of the molecule is CCN1C(=O)S[C@@H](N(CC(N)=O)c2ccc(C)cc2)C1=O. The number of imide groups is 1. The zero-order valence-corrected chi connectivity index (χ0v) is 12.7. The van der Waals surface area contributed by atoms with Gasteiger partial charge in [0.2, 0.25) is 5.91 Å². The second-order valence-corrected chi connectivity index (χ2v) is 5.78. The zero-order chi connectivity index (χ0) is 15.6. The van der Waals surface area contributed by atoms with Crippen molar-refractivity contribution in [3.05, 3.63) is 29.8 Å². The molecule has 1 heterocycles. The standard InChI is InChI=1S/C14H17N3O3S/c1-3-16-12(19)13(21-14(16)20)17(8-11(15)18)10-6-4-9(2)5-7-10/h4-7,13H,3,8H2,1-2H3,(H2,15,18)/t13-/m1/s1. The van der Waals surface area contributed by atoms with Crippen LogP contribution in [-0.4, -0.2) is 40.4 Å². The van der Waals surface area contributed by atoms with E-state index < -0.39 is 11.3 Å². The first-order valence-corrected chi connectivity index (χ1v) is 7.45. The summed E-state index contributed by atoms with van der Waals surface area (Å²) in [5.74, 6) is -0.860. The van der Waals surface area contributed by atoms with Gasteiger partial charge in [0.25, 0.3) is 11.1 Å². The summed E-state index contributed by atoms with van der Waals surface area (Å²) in [6, 6.07) is 7.38. The summed E-state index contributed by atoms with van der Waals surface area (Å²) in [6.45, 7) is 3.89. The number of rotatable bonds is 5. The highest BCUT2D eigenvalue weighted by Gasteiger charge is 2.42. The summed E-state index contributed by atoms with van der Waals surface area (Å²) in [6.07, 6.45) is 0. The van der Waals surface area contributed by atoms with Gasteiger partial charge in [-0.05, 0) is 37.7 Å². The van der Waals surface area contributed by atoms with Crippen LogP contribution in [0.4, 0.5) is 10.5 Å². The first-order chi connectivity index (χ1) is 9.93. The van der Waals surface area contributed by atoms with Crippen molar-refractivity contribution in [1.29, 1.82) is 0 Å². The molecule has 6 nitrogen and oxygen atoms in total. The predicted molar refractivity (Wildman–Crippen MR) is 81.9 cm³/mol. The third-order valence-electron chi connectivity index (χ3n) is 3.20.